The minimum atomic E-state index is -4.45. The Bertz CT molecular complexity index is 344. The average molecular weight is 204 g/mol. The summed E-state index contributed by atoms with van der Waals surface area (Å²) < 4.78 is 36.5. The molecule has 0 bridgehead atoms. The molecule has 0 radical (unpaired) electrons. The number of hydrogen-bond donors (Lipinski definition) is 1. The molecule has 1 N–H and O–H groups in total. The summed E-state index contributed by atoms with van der Waals surface area (Å²) in [6, 6.07) is 2.47. The monoisotopic (exact) mass is 204 g/mol. The molecule has 0 aromatic heterocycles. The molecular formula is C9H7F3O2. The van der Waals surface area contributed by atoms with Gasteiger partial charge in [-0.3, -0.25) is 0 Å². The zero-order chi connectivity index (χ0) is 10.8. The van der Waals surface area contributed by atoms with Gasteiger partial charge in [-0.15, -0.1) is 0 Å². The first-order chi connectivity index (χ1) is 6.45. The largest absolute Gasteiger partial charge is 0.508 e. The van der Waals surface area contributed by atoms with Gasteiger partial charge in [0.05, 0.1) is 5.56 Å². The van der Waals surface area contributed by atoms with Gasteiger partial charge < -0.3 is 9.90 Å². The summed E-state index contributed by atoms with van der Waals surface area (Å²) in [4.78, 5) is 10.1. The van der Waals surface area contributed by atoms with E-state index in [1.54, 1.807) is 0 Å². The molecule has 1 rings (SSSR count). The number of halogens is 3. The quantitative estimate of drug-likeness (QED) is 0.749. The number of phenolic OH excluding ortho intramolecular Hbond substituents is 1. The molecular weight excluding hydrogens is 197 g/mol. The molecule has 14 heavy (non-hydrogen) atoms. The molecule has 0 amide bonds. The molecule has 0 saturated carbocycles. The fourth-order valence-corrected chi connectivity index (χ4v) is 1.02. The standard InChI is InChI=1S/C9H7F3O2/c10-9(11,12)7-1-2-8(14)6(5-7)3-4-13/h1-2,4-5,14H,3H2. The van der Waals surface area contributed by atoms with E-state index in [0.29, 0.717) is 6.29 Å². The van der Waals surface area contributed by atoms with Crippen molar-refractivity contribution in [1.29, 1.82) is 0 Å². The lowest BCUT2D eigenvalue weighted by molar-refractivity contribution is -0.137. The maximum atomic E-state index is 12.2. The van der Waals surface area contributed by atoms with Crippen LogP contribution in [0.3, 0.4) is 0 Å². The smallest absolute Gasteiger partial charge is 0.416 e. The Morgan fingerprint density at radius 1 is 1.36 bits per heavy atom. The van der Waals surface area contributed by atoms with Crippen molar-refractivity contribution in [1.82, 2.24) is 0 Å². The SMILES string of the molecule is O=CCc1cc(C(F)(F)F)ccc1O. The second-order valence-electron chi connectivity index (χ2n) is 2.71. The van der Waals surface area contributed by atoms with Crippen LogP contribution in [0.5, 0.6) is 5.75 Å². The van der Waals surface area contributed by atoms with Crippen molar-refractivity contribution < 1.29 is 23.1 Å². The number of aromatic hydroxyl groups is 1. The molecule has 5 heteroatoms. The Kier molecular flexibility index (Phi) is 2.78. The lowest BCUT2D eigenvalue weighted by Gasteiger charge is -2.08. The van der Waals surface area contributed by atoms with E-state index in [2.05, 4.69) is 0 Å². The summed E-state index contributed by atoms with van der Waals surface area (Å²) in [7, 11) is 0. The van der Waals surface area contributed by atoms with Gasteiger partial charge in [0.2, 0.25) is 0 Å². The Balaban J connectivity index is 3.12. The van der Waals surface area contributed by atoms with Crippen LogP contribution in [0.2, 0.25) is 0 Å². The summed E-state index contributed by atoms with van der Waals surface area (Å²) in [5.74, 6) is -0.301. The van der Waals surface area contributed by atoms with Gasteiger partial charge in [0.15, 0.2) is 0 Å². The van der Waals surface area contributed by atoms with E-state index in [4.69, 9.17) is 5.11 Å². The molecule has 0 heterocycles. The summed E-state index contributed by atoms with van der Waals surface area (Å²) >= 11 is 0. The van der Waals surface area contributed by atoms with Gasteiger partial charge in [0.1, 0.15) is 12.0 Å². The molecule has 0 aliphatic rings. The topological polar surface area (TPSA) is 37.3 Å². The van der Waals surface area contributed by atoms with E-state index in [0.717, 1.165) is 18.2 Å². The predicted octanol–water partition coefficient (Wildman–Crippen LogP) is 2.15. The molecule has 0 saturated heterocycles. The lowest BCUT2D eigenvalue weighted by atomic mass is 10.1. The van der Waals surface area contributed by atoms with E-state index >= 15 is 0 Å². The predicted molar refractivity (Wildman–Crippen MR) is 42.9 cm³/mol. The van der Waals surface area contributed by atoms with Gasteiger partial charge in [0, 0.05) is 12.0 Å². The first-order valence-electron chi connectivity index (χ1n) is 3.78. The Morgan fingerprint density at radius 2 is 2.00 bits per heavy atom. The maximum absolute atomic E-state index is 12.2. The Morgan fingerprint density at radius 3 is 2.50 bits per heavy atom. The van der Waals surface area contributed by atoms with Crippen LogP contribution in [0.1, 0.15) is 11.1 Å². The average Bonchev–Trinajstić information content (AvgIpc) is 2.07. The number of carbonyl (C=O) groups is 1. The second kappa shape index (κ2) is 3.69. The van der Waals surface area contributed by atoms with Crippen LogP contribution in [-0.2, 0) is 17.4 Å². The summed E-state index contributed by atoms with van der Waals surface area (Å²) in [5, 5.41) is 9.11. The van der Waals surface area contributed by atoms with Crippen molar-refractivity contribution >= 4 is 6.29 Å². The first kappa shape index (κ1) is 10.6. The van der Waals surface area contributed by atoms with Crippen molar-refractivity contribution in [3.8, 4) is 5.75 Å². The first-order valence-corrected chi connectivity index (χ1v) is 3.78. The van der Waals surface area contributed by atoms with Crippen LogP contribution in [0.15, 0.2) is 18.2 Å². The molecule has 1 aromatic carbocycles. The number of rotatable bonds is 2. The highest BCUT2D eigenvalue weighted by atomic mass is 19.4. The molecule has 0 aliphatic carbocycles. The molecule has 0 spiro atoms. The van der Waals surface area contributed by atoms with Crippen molar-refractivity contribution in [2.24, 2.45) is 0 Å². The highest BCUT2D eigenvalue weighted by molar-refractivity contribution is 5.57. The molecule has 0 fully saturated rings. The zero-order valence-electron chi connectivity index (χ0n) is 7.01. The van der Waals surface area contributed by atoms with E-state index in [-0.39, 0.29) is 17.7 Å². The molecule has 0 atom stereocenters. The van der Waals surface area contributed by atoms with Crippen LogP contribution in [0.25, 0.3) is 0 Å². The number of carbonyl (C=O) groups excluding carboxylic acids is 1. The van der Waals surface area contributed by atoms with Crippen molar-refractivity contribution in [2.45, 2.75) is 12.6 Å². The van der Waals surface area contributed by atoms with Crippen molar-refractivity contribution in [3.05, 3.63) is 29.3 Å². The number of phenols is 1. The van der Waals surface area contributed by atoms with Gasteiger partial charge >= 0.3 is 6.18 Å². The number of hydrogen-bond acceptors (Lipinski definition) is 2. The van der Waals surface area contributed by atoms with Gasteiger partial charge in [0.25, 0.3) is 0 Å². The normalized spacial score (nSPS) is 11.4. The Labute approximate surface area is 78.0 Å². The van der Waals surface area contributed by atoms with Crippen LogP contribution < -0.4 is 0 Å². The van der Waals surface area contributed by atoms with E-state index in [1.165, 1.54) is 0 Å². The van der Waals surface area contributed by atoms with E-state index in [1.807, 2.05) is 0 Å². The van der Waals surface area contributed by atoms with Crippen LogP contribution in [-0.4, -0.2) is 11.4 Å². The van der Waals surface area contributed by atoms with Crippen LogP contribution in [0.4, 0.5) is 13.2 Å². The number of aldehydes is 1. The fraction of sp³-hybridized carbons (Fsp3) is 0.222. The zero-order valence-corrected chi connectivity index (χ0v) is 7.01. The minimum Gasteiger partial charge on any atom is -0.508 e. The van der Waals surface area contributed by atoms with Crippen molar-refractivity contribution in [3.63, 3.8) is 0 Å². The molecule has 76 valence electrons. The van der Waals surface area contributed by atoms with E-state index in [9.17, 15) is 18.0 Å². The lowest BCUT2D eigenvalue weighted by Crippen LogP contribution is -2.05. The summed E-state index contributed by atoms with van der Waals surface area (Å²) in [6.07, 6.45) is -4.24. The fourth-order valence-electron chi connectivity index (χ4n) is 1.02. The van der Waals surface area contributed by atoms with Crippen LogP contribution >= 0.6 is 0 Å². The minimum absolute atomic E-state index is 0.0187. The third-order valence-electron chi connectivity index (χ3n) is 1.71. The Hall–Kier alpha value is -1.52. The number of benzene rings is 1. The molecule has 1 aromatic rings. The van der Waals surface area contributed by atoms with Gasteiger partial charge in [-0.25, -0.2) is 0 Å². The number of alkyl halides is 3. The summed E-state index contributed by atoms with van der Waals surface area (Å²) in [6.45, 7) is 0. The third kappa shape index (κ3) is 2.25. The van der Waals surface area contributed by atoms with Gasteiger partial charge in [-0.2, -0.15) is 13.2 Å². The van der Waals surface area contributed by atoms with Gasteiger partial charge in [-0.05, 0) is 18.2 Å². The highest BCUT2D eigenvalue weighted by Crippen LogP contribution is 2.32. The third-order valence-corrected chi connectivity index (χ3v) is 1.71. The van der Waals surface area contributed by atoms with Crippen molar-refractivity contribution in [2.75, 3.05) is 0 Å². The van der Waals surface area contributed by atoms with Crippen LogP contribution in [0, 0.1) is 0 Å². The second-order valence-corrected chi connectivity index (χ2v) is 2.71. The highest BCUT2D eigenvalue weighted by Gasteiger charge is 2.30. The molecule has 0 unspecified atom stereocenters. The van der Waals surface area contributed by atoms with Gasteiger partial charge in [-0.1, -0.05) is 0 Å². The maximum Gasteiger partial charge on any atom is 0.416 e. The molecule has 2 nitrogen and oxygen atoms in total. The molecule has 0 aliphatic heterocycles. The summed E-state index contributed by atoms with van der Waals surface area (Å²) in [5.41, 5.74) is -0.887. The van der Waals surface area contributed by atoms with E-state index < -0.39 is 11.7 Å².